The van der Waals surface area contributed by atoms with Crippen molar-refractivity contribution >= 4 is 11.7 Å². The van der Waals surface area contributed by atoms with Gasteiger partial charge in [0.2, 0.25) is 5.91 Å². The number of aliphatic imine (C=N–C) groups is 1. The Morgan fingerprint density at radius 3 is 3.00 bits per heavy atom. The summed E-state index contributed by atoms with van der Waals surface area (Å²) in [6, 6.07) is 0. The molecule has 1 amide bonds. The highest BCUT2D eigenvalue weighted by Gasteiger charge is 2.19. The molecule has 2 heterocycles. The number of nitrogens with two attached hydrogens (primary N) is 1. The van der Waals surface area contributed by atoms with E-state index in [0.717, 1.165) is 17.6 Å². The van der Waals surface area contributed by atoms with Crippen LogP contribution < -0.4 is 11.1 Å². The maximum absolute atomic E-state index is 11.3. The monoisotopic (exact) mass is 258 g/mol. The van der Waals surface area contributed by atoms with E-state index in [2.05, 4.69) is 16.9 Å². The number of nitrogens with zero attached hydrogens (tertiary/aromatic N) is 2. The molecular formula is C14H18N4O. The summed E-state index contributed by atoms with van der Waals surface area (Å²) in [6.07, 6.45) is 7.95. The Morgan fingerprint density at radius 1 is 1.63 bits per heavy atom. The van der Waals surface area contributed by atoms with Gasteiger partial charge >= 0.3 is 0 Å². The van der Waals surface area contributed by atoms with Gasteiger partial charge in [-0.2, -0.15) is 0 Å². The molecule has 0 saturated carbocycles. The molecule has 0 saturated heterocycles. The van der Waals surface area contributed by atoms with Gasteiger partial charge in [0.05, 0.1) is 0 Å². The third kappa shape index (κ3) is 2.76. The van der Waals surface area contributed by atoms with Crippen molar-refractivity contribution < 1.29 is 4.79 Å². The summed E-state index contributed by atoms with van der Waals surface area (Å²) < 4.78 is 0. The van der Waals surface area contributed by atoms with Gasteiger partial charge in [0.25, 0.3) is 0 Å². The lowest BCUT2D eigenvalue weighted by Crippen LogP contribution is -2.33. The number of carbonyl (C=O) groups excluding carboxylic acids is 1. The van der Waals surface area contributed by atoms with E-state index in [1.54, 1.807) is 18.0 Å². The predicted octanol–water partition coefficient (Wildman–Crippen LogP) is 1.04. The van der Waals surface area contributed by atoms with Crippen LogP contribution in [0.4, 0.5) is 0 Å². The lowest BCUT2D eigenvalue weighted by molar-refractivity contribution is -0.128. The van der Waals surface area contributed by atoms with E-state index in [-0.39, 0.29) is 5.91 Å². The second-order valence-electron chi connectivity index (χ2n) is 4.41. The lowest BCUT2D eigenvalue weighted by atomic mass is 10.0. The molecule has 0 aliphatic carbocycles. The lowest BCUT2D eigenvalue weighted by Gasteiger charge is -2.25. The summed E-state index contributed by atoms with van der Waals surface area (Å²) in [5, 5.41) is 3.02. The molecule has 0 radical (unpaired) electrons. The SMILES string of the molecule is C=C/N=C1/NC=C/C1=C(/N)C1=CCN(C(C)=O)CC1. The van der Waals surface area contributed by atoms with Crippen molar-refractivity contribution in [3.63, 3.8) is 0 Å². The minimum absolute atomic E-state index is 0.0952. The van der Waals surface area contributed by atoms with Gasteiger partial charge < -0.3 is 16.0 Å². The smallest absolute Gasteiger partial charge is 0.219 e. The van der Waals surface area contributed by atoms with Crippen molar-refractivity contribution in [1.29, 1.82) is 0 Å². The van der Waals surface area contributed by atoms with Crippen LogP contribution in [0.15, 0.2) is 53.0 Å². The summed E-state index contributed by atoms with van der Waals surface area (Å²) in [5.41, 5.74) is 8.85. The van der Waals surface area contributed by atoms with Gasteiger partial charge in [0.15, 0.2) is 0 Å². The molecule has 0 atom stereocenters. The highest BCUT2D eigenvalue weighted by Crippen LogP contribution is 2.21. The van der Waals surface area contributed by atoms with E-state index in [4.69, 9.17) is 5.73 Å². The quantitative estimate of drug-likeness (QED) is 0.777. The van der Waals surface area contributed by atoms with E-state index in [0.29, 0.717) is 24.6 Å². The molecule has 2 rings (SSSR count). The normalized spacial score (nSPS) is 23.1. The van der Waals surface area contributed by atoms with E-state index in [1.807, 2.05) is 12.2 Å². The molecule has 100 valence electrons. The average molecular weight is 258 g/mol. The molecule has 5 nitrogen and oxygen atoms in total. The maximum Gasteiger partial charge on any atom is 0.219 e. The summed E-state index contributed by atoms with van der Waals surface area (Å²) in [7, 11) is 0. The molecule has 0 aromatic carbocycles. The summed E-state index contributed by atoms with van der Waals surface area (Å²) in [4.78, 5) is 17.2. The van der Waals surface area contributed by atoms with Crippen LogP contribution in [0.2, 0.25) is 0 Å². The van der Waals surface area contributed by atoms with Gasteiger partial charge in [-0.3, -0.25) is 4.79 Å². The Bertz CT molecular complexity index is 526. The fraction of sp³-hybridized carbons (Fsp3) is 0.286. The summed E-state index contributed by atoms with van der Waals surface area (Å²) in [6.45, 7) is 6.49. The number of hydrogen-bond acceptors (Lipinski definition) is 3. The molecule has 19 heavy (non-hydrogen) atoms. The minimum Gasteiger partial charge on any atom is -0.398 e. The zero-order valence-electron chi connectivity index (χ0n) is 11.0. The largest absolute Gasteiger partial charge is 0.398 e. The number of hydrogen-bond donors (Lipinski definition) is 2. The number of allylic oxidation sites excluding steroid dienone is 1. The first-order valence-corrected chi connectivity index (χ1v) is 6.20. The minimum atomic E-state index is 0.0952. The highest BCUT2D eigenvalue weighted by atomic mass is 16.2. The first kappa shape index (κ1) is 13.1. The Morgan fingerprint density at radius 2 is 2.42 bits per heavy atom. The first-order valence-electron chi connectivity index (χ1n) is 6.20. The fourth-order valence-electron chi connectivity index (χ4n) is 2.15. The zero-order chi connectivity index (χ0) is 13.8. The number of amidine groups is 1. The summed E-state index contributed by atoms with van der Waals surface area (Å²) >= 11 is 0. The molecule has 0 spiro atoms. The standard InChI is InChI=1S/C14H18N4O/c1-3-16-14-12(4-7-17-14)13(15)11-5-8-18(9-6-11)10(2)19/h3-5,7H,1,6,8-9,15H2,2H3,(H,16,17)/b13-12-. The number of carbonyl (C=O) groups is 1. The first-order chi connectivity index (χ1) is 9.13. The molecule has 5 heteroatoms. The van der Waals surface area contributed by atoms with E-state index >= 15 is 0 Å². The zero-order valence-corrected chi connectivity index (χ0v) is 11.0. The van der Waals surface area contributed by atoms with Crippen LogP contribution in [-0.2, 0) is 4.79 Å². The third-order valence-corrected chi connectivity index (χ3v) is 3.24. The van der Waals surface area contributed by atoms with Gasteiger partial charge in [0.1, 0.15) is 5.84 Å². The van der Waals surface area contributed by atoms with Crippen LogP contribution in [0.25, 0.3) is 0 Å². The third-order valence-electron chi connectivity index (χ3n) is 3.24. The van der Waals surface area contributed by atoms with E-state index in [9.17, 15) is 4.79 Å². The van der Waals surface area contributed by atoms with Gasteiger partial charge in [-0.05, 0) is 18.1 Å². The maximum atomic E-state index is 11.3. The van der Waals surface area contributed by atoms with Crippen LogP contribution in [0.3, 0.4) is 0 Å². The second-order valence-corrected chi connectivity index (χ2v) is 4.41. The van der Waals surface area contributed by atoms with Gasteiger partial charge in [-0.1, -0.05) is 12.7 Å². The molecule has 2 aliphatic heterocycles. The molecule has 3 N–H and O–H groups in total. The van der Waals surface area contributed by atoms with Crippen LogP contribution in [0, 0.1) is 0 Å². The molecule has 0 unspecified atom stereocenters. The van der Waals surface area contributed by atoms with Crippen molar-refractivity contribution in [2.24, 2.45) is 10.7 Å². The molecule has 0 fully saturated rings. The molecule has 0 aromatic rings. The van der Waals surface area contributed by atoms with Crippen LogP contribution >= 0.6 is 0 Å². The van der Waals surface area contributed by atoms with Gasteiger partial charge in [0, 0.05) is 43.7 Å². The van der Waals surface area contributed by atoms with Crippen molar-refractivity contribution in [3.8, 4) is 0 Å². The Labute approximate surface area is 112 Å². The Kier molecular flexibility index (Phi) is 3.85. The molecule has 0 bridgehead atoms. The highest BCUT2D eigenvalue weighted by molar-refractivity contribution is 6.05. The van der Waals surface area contributed by atoms with Crippen molar-refractivity contribution in [1.82, 2.24) is 10.2 Å². The van der Waals surface area contributed by atoms with Crippen LogP contribution in [0.1, 0.15) is 13.3 Å². The van der Waals surface area contributed by atoms with Gasteiger partial charge in [-0.25, -0.2) is 4.99 Å². The predicted molar refractivity (Wildman–Crippen MR) is 76.1 cm³/mol. The molecular weight excluding hydrogens is 240 g/mol. The van der Waals surface area contributed by atoms with Gasteiger partial charge in [-0.15, -0.1) is 0 Å². The van der Waals surface area contributed by atoms with Crippen molar-refractivity contribution in [3.05, 3.63) is 48.0 Å². The Balaban J connectivity index is 2.23. The number of nitrogens with one attached hydrogen (secondary N) is 1. The average Bonchev–Trinajstić information content (AvgIpc) is 2.87. The van der Waals surface area contributed by atoms with E-state index in [1.165, 1.54) is 6.20 Å². The second kappa shape index (κ2) is 5.56. The number of amides is 1. The number of rotatable bonds is 2. The summed E-state index contributed by atoms with van der Waals surface area (Å²) in [5.74, 6) is 0.806. The topological polar surface area (TPSA) is 70.7 Å². The Hall–Kier alpha value is -2.30. The molecule has 2 aliphatic rings. The molecule has 0 aromatic heterocycles. The van der Waals surface area contributed by atoms with Crippen LogP contribution in [0.5, 0.6) is 0 Å². The van der Waals surface area contributed by atoms with Crippen molar-refractivity contribution in [2.45, 2.75) is 13.3 Å². The van der Waals surface area contributed by atoms with E-state index < -0.39 is 0 Å². The van der Waals surface area contributed by atoms with Crippen LogP contribution in [-0.4, -0.2) is 29.7 Å². The van der Waals surface area contributed by atoms with Crippen molar-refractivity contribution in [2.75, 3.05) is 13.1 Å². The fourth-order valence-corrected chi connectivity index (χ4v) is 2.15.